The molecule has 0 aliphatic rings. The van der Waals surface area contributed by atoms with Crippen LogP contribution in [0.3, 0.4) is 0 Å². The minimum Gasteiger partial charge on any atom is -0.468 e. The summed E-state index contributed by atoms with van der Waals surface area (Å²) in [5, 5.41) is 0.873. The highest BCUT2D eigenvalue weighted by Crippen LogP contribution is 2.13. The van der Waals surface area contributed by atoms with Crippen molar-refractivity contribution in [2.45, 2.75) is 5.33 Å². The molecule has 0 aromatic heterocycles. The molecule has 1 aromatic carbocycles. The standard InChI is InChI=1S/C9H11BrO2/c1-11-7-12-9-4-2-8(6-10)3-5-9/h2-5H,6-7H2,1H3. The molecular weight excluding hydrogens is 220 g/mol. The van der Waals surface area contributed by atoms with Crippen LogP contribution in [-0.2, 0) is 10.1 Å². The van der Waals surface area contributed by atoms with E-state index < -0.39 is 0 Å². The van der Waals surface area contributed by atoms with Crippen LogP contribution in [0, 0.1) is 0 Å². The van der Waals surface area contributed by atoms with E-state index in [4.69, 9.17) is 9.47 Å². The van der Waals surface area contributed by atoms with Crippen LogP contribution in [0.5, 0.6) is 5.75 Å². The van der Waals surface area contributed by atoms with Gasteiger partial charge in [0.1, 0.15) is 5.75 Å². The molecule has 0 atom stereocenters. The molecule has 0 unspecified atom stereocenters. The van der Waals surface area contributed by atoms with Gasteiger partial charge in [-0.25, -0.2) is 0 Å². The van der Waals surface area contributed by atoms with Crippen molar-refractivity contribution < 1.29 is 9.47 Å². The van der Waals surface area contributed by atoms with Crippen LogP contribution in [0.25, 0.3) is 0 Å². The molecule has 12 heavy (non-hydrogen) atoms. The smallest absolute Gasteiger partial charge is 0.188 e. The van der Waals surface area contributed by atoms with Gasteiger partial charge in [0.2, 0.25) is 0 Å². The average Bonchev–Trinajstić information content (AvgIpc) is 2.15. The molecule has 0 heterocycles. The van der Waals surface area contributed by atoms with Crippen LogP contribution in [0.4, 0.5) is 0 Å². The molecule has 0 spiro atoms. The first-order valence-electron chi connectivity index (χ1n) is 3.63. The maximum atomic E-state index is 5.22. The lowest BCUT2D eigenvalue weighted by molar-refractivity contribution is 0.0511. The van der Waals surface area contributed by atoms with E-state index in [0.29, 0.717) is 6.79 Å². The van der Waals surface area contributed by atoms with Crippen molar-refractivity contribution in [1.29, 1.82) is 0 Å². The summed E-state index contributed by atoms with van der Waals surface area (Å²) < 4.78 is 9.99. The SMILES string of the molecule is COCOc1ccc(CBr)cc1. The van der Waals surface area contributed by atoms with Crippen LogP contribution in [0.1, 0.15) is 5.56 Å². The van der Waals surface area contributed by atoms with Gasteiger partial charge in [-0.05, 0) is 17.7 Å². The summed E-state index contributed by atoms with van der Waals surface area (Å²) >= 11 is 3.37. The van der Waals surface area contributed by atoms with Crippen LogP contribution < -0.4 is 4.74 Å². The third kappa shape index (κ3) is 2.83. The van der Waals surface area contributed by atoms with Gasteiger partial charge in [0.25, 0.3) is 0 Å². The van der Waals surface area contributed by atoms with Crippen molar-refractivity contribution in [3.8, 4) is 5.75 Å². The second-order valence-electron chi connectivity index (χ2n) is 2.33. The van der Waals surface area contributed by atoms with E-state index in [1.165, 1.54) is 5.56 Å². The quantitative estimate of drug-likeness (QED) is 0.585. The zero-order valence-corrected chi connectivity index (χ0v) is 8.50. The van der Waals surface area contributed by atoms with E-state index in [-0.39, 0.29) is 0 Å². The summed E-state index contributed by atoms with van der Waals surface area (Å²) in [6.45, 7) is 0.299. The largest absolute Gasteiger partial charge is 0.468 e. The molecule has 66 valence electrons. The Balaban J connectivity index is 2.53. The second-order valence-corrected chi connectivity index (χ2v) is 2.89. The van der Waals surface area contributed by atoms with Crippen LogP contribution in [0.2, 0.25) is 0 Å². The number of rotatable bonds is 4. The number of methoxy groups -OCH3 is 1. The van der Waals surface area contributed by atoms with Crippen LogP contribution >= 0.6 is 15.9 Å². The summed E-state index contributed by atoms with van der Waals surface area (Å²) in [6, 6.07) is 7.88. The van der Waals surface area contributed by atoms with Gasteiger partial charge in [0, 0.05) is 12.4 Å². The molecule has 3 heteroatoms. The van der Waals surface area contributed by atoms with Gasteiger partial charge in [-0.15, -0.1) is 0 Å². The number of hydrogen-bond acceptors (Lipinski definition) is 2. The molecule has 0 fully saturated rings. The van der Waals surface area contributed by atoms with E-state index in [2.05, 4.69) is 15.9 Å². The topological polar surface area (TPSA) is 18.5 Å². The van der Waals surface area contributed by atoms with Gasteiger partial charge >= 0.3 is 0 Å². The summed E-state index contributed by atoms with van der Waals surface area (Å²) in [5.41, 5.74) is 1.24. The van der Waals surface area contributed by atoms with E-state index in [1.807, 2.05) is 24.3 Å². The highest BCUT2D eigenvalue weighted by atomic mass is 79.9. The fraction of sp³-hybridized carbons (Fsp3) is 0.333. The van der Waals surface area contributed by atoms with Crippen molar-refractivity contribution in [3.63, 3.8) is 0 Å². The van der Waals surface area contributed by atoms with Gasteiger partial charge in [0.05, 0.1) is 0 Å². The Morgan fingerprint density at radius 3 is 2.42 bits per heavy atom. The Morgan fingerprint density at radius 2 is 1.92 bits per heavy atom. The van der Waals surface area contributed by atoms with E-state index >= 15 is 0 Å². The molecule has 2 nitrogen and oxygen atoms in total. The third-order valence-corrected chi connectivity index (χ3v) is 2.07. The van der Waals surface area contributed by atoms with Gasteiger partial charge < -0.3 is 9.47 Å². The van der Waals surface area contributed by atoms with Crippen molar-refractivity contribution in [1.82, 2.24) is 0 Å². The Kier molecular flexibility index (Phi) is 4.11. The predicted molar refractivity (Wildman–Crippen MR) is 51.6 cm³/mol. The average molecular weight is 231 g/mol. The zero-order valence-electron chi connectivity index (χ0n) is 6.92. The first kappa shape index (κ1) is 9.55. The number of halogens is 1. The van der Waals surface area contributed by atoms with E-state index in [9.17, 15) is 0 Å². The maximum absolute atomic E-state index is 5.22. The lowest BCUT2D eigenvalue weighted by Gasteiger charge is -2.04. The lowest BCUT2D eigenvalue weighted by Crippen LogP contribution is -1.98. The van der Waals surface area contributed by atoms with Crippen molar-refractivity contribution in [2.24, 2.45) is 0 Å². The molecule has 0 radical (unpaired) electrons. The van der Waals surface area contributed by atoms with Gasteiger partial charge in [0.15, 0.2) is 6.79 Å². The first-order valence-corrected chi connectivity index (χ1v) is 4.75. The van der Waals surface area contributed by atoms with Crippen molar-refractivity contribution in [2.75, 3.05) is 13.9 Å². The maximum Gasteiger partial charge on any atom is 0.188 e. The Hall–Kier alpha value is -0.540. The molecule has 0 aliphatic heterocycles. The molecule has 0 N–H and O–H groups in total. The molecule has 1 aromatic rings. The normalized spacial score (nSPS) is 9.83. The highest BCUT2D eigenvalue weighted by molar-refractivity contribution is 9.08. The fourth-order valence-corrected chi connectivity index (χ4v) is 1.18. The fourth-order valence-electron chi connectivity index (χ4n) is 0.802. The molecule has 0 amide bonds. The minimum absolute atomic E-state index is 0.299. The van der Waals surface area contributed by atoms with Gasteiger partial charge in [-0.3, -0.25) is 0 Å². The van der Waals surface area contributed by atoms with E-state index in [1.54, 1.807) is 7.11 Å². The first-order chi connectivity index (χ1) is 5.86. The molecule has 0 bridgehead atoms. The highest BCUT2D eigenvalue weighted by Gasteiger charge is 1.92. The van der Waals surface area contributed by atoms with Gasteiger partial charge in [-0.1, -0.05) is 28.1 Å². The Labute approximate surface area is 80.6 Å². The third-order valence-electron chi connectivity index (χ3n) is 1.42. The van der Waals surface area contributed by atoms with E-state index in [0.717, 1.165) is 11.1 Å². The monoisotopic (exact) mass is 230 g/mol. The summed E-state index contributed by atoms with van der Waals surface area (Å²) in [4.78, 5) is 0. The molecular formula is C9H11BrO2. The molecule has 1 rings (SSSR count). The minimum atomic E-state index is 0.299. The number of hydrogen-bond donors (Lipinski definition) is 0. The summed E-state index contributed by atoms with van der Waals surface area (Å²) in [7, 11) is 1.60. The van der Waals surface area contributed by atoms with Crippen molar-refractivity contribution >= 4 is 15.9 Å². The molecule has 0 aliphatic carbocycles. The number of benzene rings is 1. The van der Waals surface area contributed by atoms with Crippen LogP contribution in [0.15, 0.2) is 24.3 Å². The molecule has 0 saturated carbocycles. The van der Waals surface area contributed by atoms with Crippen LogP contribution in [-0.4, -0.2) is 13.9 Å². The predicted octanol–water partition coefficient (Wildman–Crippen LogP) is 2.56. The number of alkyl halides is 1. The summed E-state index contributed by atoms with van der Waals surface area (Å²) in [6.07, 6.45) is 0. The lowest BCUT2D eigenvalue weighted by atomic mass is 10.2. The summed E-state index contributed by atoms with van der Waals surface area (Å²) in [5.74, 6) is 0.835. The van der Waals surface area contributed by atoms with Crippen molar-refractivity contribution in [3.05, 3.63) is 29.8 Å². The molecule has 0 saturated heterocycles. The Bertz CT molecular complexity index is 220. The second kappa shape index (κ2) is 5.17. The Morgan fingerprint density at radius 1 is 1.25 bits per heavy atom. The van der Waals surface area contributed by atoms with Gasteiger partial charge in [-0.2, -0.15) is 0 Å². The zero-order chi connectivity index (χ0) is 8.81. The number of ether oxygens (including phenoxy) is 2.